The van der Waals surface area contributed by atoms with E-state index < -0.39 is 5.91 Å². The van der Waals surface area contributed by atoms with Gasteiger partial charge in [0.15, 0.2) is 0 Å². The molecule has 0 bridgehead atoms. The predicted molar refractivity (Wildman–Crippen MR) is 72.1 cm³/mol. The minimum Gasteiger partial charge on any atom is -0.398 e. The Bertz CT molecular complexity index is 579. The highest BCUT2D eigenvalue weighted by atomic mass is 32.2. The van der Waals surface area contributed by atoms with Crippen LogP contribution in [0.4, 0.5) is 5.69 Å². The second kappa shape index (κ2) is 5.14. The van der Waals surface area contributed by atoms with Crippen LogP contribution in [0.15, 0.2) is 35.5 Å². The van der Waals surface area contributed by atoms with E-state index in [0.29, 0.717) is 11.3 Å². The Kier molecular flexibility index (Phi) is 3.57. The normalized spacial score (nSPS) is 10.5. The molecule has 18 heavy (non-hydrogen) atoms. The largest absolute Gasteiger partial charge is 0.398 e. The quantitative estimate of drug-likeness (QED) is 0.644. The van der Waals surface area contributed by atoms with E-state index in [9.17, 15) is 4.79 Å². The fourth-order valence-electron chi connectivity index (χ4n) is 1.51. The molecule has 6 heteroatoms. The summed E-state index contributed by atoms with van der Waals surface area (Å²) in [5.41, 5.74) is 13.1. The molecule has 2 aromatic rings. The van der Waals surface area contributed by atoms with Crippen molar-refractivity contribution in [1.29, 1.82) is 0 Å². The lowest BCUT2D eigenvalue weighted by atomic mass is 10.1. The number of primary amides is 1. The van der Waals surface area contributed by atoms with Crippen LogP contribution in [0.5, 0.6) is 0 Å². The molecule has 94 valence electrons. The lowest BCUT2D eigenvalue weighted by Crippen LogP contribution is -2.11. The molecule has 0 saturated heterocycles. The summed E-state index contributed by atoms with van der Waals surface area (Å²) in [6, 6.07) is 5.14. The molecule has 1 aromatic carbocycles. The van der Waals surface area contributed by atoms with Crippen LogP contribution in [0.25, 0.3) is 0 Å². The van der Waals surface area contributed by atoms with E-state index in [1.54, 1.807) is 34.8 Å². The number of carbonyl (C=O) groups is 1. The van der Waals surface area contributed by atoms with Crippen molar-refractivity contribution in [3.63, 3.8) is 0 Å². The molecule has 1 aromatic heterocycles. The van der Waals surface area contributed by atoms with E-state index in [-0.39, 0.29) is 0 Å². The summed E-state index contributed by atoms with van der Waals surface area (Å²) in [4.78, 5) is 12.1. The van der Waals surface area contributed by atoms with Crippen molar-refractivity contribution in [3.8, 4) is 0 Å². The Hall–Kier alpha value is -1.95. The van der Waals surface area contributed by atoms with Crippen LogP contribution in [0.3, 0.4) is 0 Å². The van der Waals surface area contributed by atoms with Crippen molar-refractivity contribution in [2.45, 2.75) is 10.6 Å². The van der Waals surface area contributed by atoms with Crippen molar-refractivity contribution in [2.75, 3.05) is 5.73 Å². The number of benzene rings is 1. The molecule has 0 atom stereocenters. The van der Waals surface area contributed by atoms with Crippen molar-refractivity contribution in [1.82, 2.24) is 9.78 Å². The smallest absolute Gasteiger partial charge is 0.248 e. The zero-order valence-corrected chi connectivity index (χ0v) is 10.8. The molecule has 0 spiro atoms. The summed E-state index contributed by atoms with van der Waals surface area (Å²) in [6.07, 6.45) is 3.75. The number of carbonyl (C=O) groups excluding carboxylic acids is 1. The molecular weight excluding hydrogens is 248 g/mol. The van der Waals surface area contributed by atoms with Gasteiger partial charge in [0.05, 0.1) is 6.20 Å². The van der Waals surface area contributed by atoms with Gasteiger partial charge in [0, 0.05) is 35.1 Å². The van der Waals surface area contributed by atoms with E-state index >= 15 is 0 Å². The van der Waals surface area contributed by atoms with Crippen molar-refractivity contribution >= 4 is 23.4 Å². The zero-order chi connectivity index (χ0) is 13.1. The SMILES string of the molecule is Cn1cc(SCc2ccc(C(N)=O)cc2N)cn1. The zero-order valence-electron chi connectivity index (χ0n) is 9.96. The Labute approximate surface area is 109 Å². The lowest BCUT2D eigenvalue weighted by molar-refractivity contribution is 0.100. The van der Waals surface area contributed by atoms with Gasteiger partial charge in [0.2, 0.25) is 5.91 Å². The summed E-state index contributed by atoms with van der Waals surface area (Å²) >= 11 is 1.64. The molecule has 5 nitrogen and oxygen atoms in total. The molecule has 2 rings (SSSR count). The molecule has 0 aliphatic heterocycles. The number of hydrogen-bond donors (Lipinski definition) is 2. The standard InChI is InChI=1S/C12H14N4OS/c1-16-6-10(5-15-16)18-7-9-3-2-8(12(14)17)4-11(9)13/h2-6H,7,13H2,1H3,(H2,14,17). The first-order valence-electron chi connectivity index (χ1n) is 5.36. The Morgan fingerprint density at radius 1 is 1.50 bits per heavy atom. The van der Waals surface area contributed by atoms with E-state index in [4.69, 9.17) is 11.5 Å². The molecule has 0 aliphatic rings. The molecule has 0 radical (unpaired) electrons. The summed E-state index contributed by atoms with van der Waals surface area (Å²) in [5.74, 6) is 0.268. The third-order valence-electron chi connectivity index (χ3n) is 2.51. The summed E-state index contributed by atoms with van der Waals surface area (Å²) < 4.78 is 1.75. The second-order valence-corrected chi connectivity index (χ2v) is 4.96. The summed E-state index contributed by atoms with van der Waals surface area (Å²) in [5, 5.41) is 4.09. The first-order chi connectivity index (χ1) is 8.56. The number of rotatable bonds is 4. The Morgan fingerprint density at radius 2 is 2.28 bits per heavy atom. The summed E-state index contributed by atoms with van der Waals surface area (Å²) in [7, 11) is 1.88. The fourth-order valence-corrected chi connectivity index (χ4v) is 2.45. The third kappa shape index (κ3) is 2.84. The van der Waals surface area contributed by atoms with Gasteiger partial charge >= 0.3 is 0 Å². The van der Waals surface area contributed by atoms with Crippen LogP contribution >= 0.6 is 11.8 Å². The molecule has 0 saturated carbocycles. The van der Waals surface area contributed by atoms with Gasteiger partial charge in [0.1, 0.15) is 0 Å². The number of hydrogen-bond acceptors (Lipinski definition) is 4. The number of amides is 1. The average Bonchev–Trinajstić information content (AvgIpc) is 2.73. The van der Waals surface area contributed by atoms with Gasteiger partial charge < -0.3 is 11.5 Å². The topological polar surface area (TPSA) is 86.9 Å². The highest BCUT2D eigenvalue weighted by Crippen LogP contribution is 2.25. The molecule has 0 fully saturated rings. The highest BCUT2D eigenvalue weighted by Gasteiger charge is 2.06. The van der Waals surface area contributed by atoms with Gasteiger partial charge in [-0.05, 0) is 17.7 Å². The highest BCUT2D eigenvalue weighted by molar-refractivity contribution is 7.98. The van der Waals surface area contributed by atoms with Gasteiger partial charge in [-0.2, -0.15) is 5.10 Å². The van der Waals surface area contributed by atoms with Crippen LogP contribution < -0.4 is 11.5 Å². The number of aryl methyl sites for hydroxylation is 1. The van der Waals surface area contributed by atoms with E-state index in [1.165, 1.54) is 0 Å². The number of nitrogen functional groups attached to an aromatic ring is 1. The lowest BCUT2D eigenvalue weighted by Gasteiger charge is -2.05. The predicted octanol–water partition coefficient (Wildman–Crippen LogP) is 1.39. The minimum absolute atomic E-state index is 0.433. The molecule has 4 N–H and O–H groups in total. The van der Waals surface area contributed by atoms with Crippen molar-refractivity contribution in [3.05, 3.63) is 41.7 Å². The molecular formula is C12H14N4OS. The number of aromatic nitrogens is 2. The third-order valence-corrected chi connectivity index (χ3v) is 3.51. The van der Waals surface area contributed by atoms with E-state index in [2.05, 4.69) is 5.10 Å². The number of nitrogens with two attached hydrogens (primary N) is 2. The van der Waals surface area contributed by atoms with Crippen LogP contribution in [0, 0.1) is 0 Å². The van der Waals surface area contributed by atoms with Gasteiger partial charge in [-0.3, -0.25) is 9.48 Å². The first-order valence-corrected chi connectivity index (χ1v) is 6.34. The van der Waals surface area contributed by atoms with Crippen LogP contribution in [0.1, 0.15) is 15.9 Å². The molecule has 1 amide bonds. The van der Waals surface area contributed by atoms with Crippen molar-refractivity contribution in [2.24, 2.45) is 12.8 Å². The second-order valence-electron chi connectivity index (χ2n) is 3.92. The fraction of sp³-hybridized carbons (Fsp3) is 0.167. The molecule has 1 heterocycles. The average molecular weight is 262 g/mol. The van der Waals surface area contributed by atoms with Crippen LogP contribution in [-0.2, 0) is 12.8 Å². The Morgan fingerprint density at radius 3 is 2.83 bits per heavy atom. The Balaban J connectivity index is 2.08. The van der Waals surface area contributed by atoms with Gasteiger partial charge in [-0.15, -0.1) is 11.8 Å². The summed E-state index contributed by atoms with van der Waals surface area (Å²) in [6.45, 7) is 0. The van der Waals surface area contributed by atoms with Crippen LogP contribution in [-0.4, -0.2) is 15.7 Å². The maximum absolute atomic E-state index is 11.0. The monoisotopic (exact) mass is 262 g/mol. The van der Waals surface area contributed by atoms with E-state index in [1.807, 2.05) is 19.3 Å². The molecule has 0 unspecified atom stereocenters. The maximum Gasteiger partial charge on any atom is 0.248 e. The van der Waals surface area contributed by atoms with Crippen molar-refractivity contribution < 1.29 is 4.79 Å². The first kappa shape index (κ1) is 12.5. The maximum atomic E-state index is 11.0. The molecule has 0 aliphatic carbocycles. The van der Waals surface area contributed by atoms with Gasteiger partial charge in [-0.1, -0.05) is 6.07 Å². The number of anilines is 1. The minimum atomic E-state index is -0.465. The van der Waals surface area contributed by atoms with Crippen LogP contribution in [0.2, 0.25) is 0 Å². The number of nitrogens with zero attached hydrogens (tertiary/aromatic N) is 2. The van der Waals surface area contributed by atoms with Gasteiger partial charge in [0.25, 0.3) is 0 Å². The van der Waals surface area contributed by atoms with Gasteiger partial charge in [-0.25, -0.2) is 0 Å². The van der Waals surface area contributed by atoms with E-state index in [0.717, 1.165) is 16.2 Å². The number of thioether (sulfide) groups is 1.